The summed E-state index contributed by atoms with van der Waals surface area (Å²) >= 11 is 0. The molecule has 0 unspecified atom stereocenters. The van der Waals surface area contributed by atoms with Crippen molar-refractivity contribution in [2.75, 3.05) is 0 Å². The fraction of sp³-hybridized carbons (Fsp3) is 0. The second kappa shape index (κ2) is 4.30. The summed E-state index contributed by atoms with van der Waals surface area (Å²) < 4.78 is 0. The van der Waals surface area contributed by atoms with Crippen LogP contribution in [0, 0.1) is 10.1 Å². The molecule has 0 heterocycles. The Bertz CT molecular complexity index is 29.9. The molecule has 0 rings (SSSR count). The molecule has 0 radical (unpaired) electrons. The van der Waals surface area contributed by atoms with E-state index < -0.39 is 5.09 Å². The fourth-order valence-corrected chi connectivity index (χ4v) is 0. The van der Waals surface area contributed by atoms with E-state index in [9.17, 15) is 0 Å². The van der Waals surface area contributed by atoms with Crippen LogP contribution in [0.25, 0.3) is 0 Å². The first-order valence-electron chi connectivity index (χ1n) is 0.565. The van der Waals surface area contributed by atoms with Gasteiger partial charge in [0.05, 0.1) is 0 Å². The molecule has 0 atom stereocenters. The third-order valence-electron chi connectivity index (χ3n) is 0. The van der Waals surface area contributed by atoms with E-state index in [1.165, 1.54) is 0 Å². The third kappa shape index (κ3) is 247. The first-order valence-corrected chi connectivity index (χ1v) is 0.565. The summed E-state index contributed by atoms with van der Waals surface area (Å²) in [5.74, 6) is 0. The molecular formula is HNO3Y+3. The van der Waals surface area contributed by atoms with E-state index in [1.54, 1.807) is 0 Å². The molecule has 4 nitrogen and oxygen atoms in total. The van der Waals surface area contributed by atoms with Crippen molar-refractivity contribution in [2.45, 2.75) is 0 Å². The molecule has 1 N–H and O–H groups in total. The molecule has 0 amide bonds. The van der Waals surface area contributed by atoms with Crippen molar-refractivity contribution in [1.29, 1.82) is 0 Å². The molecule has 5 heteroatoms. The molecule has 0 aromatic carbocycles. The predicted molar refractivity (Wildman–Crippen MR) is 8.78 cm³/mol. The van der Waals surface area contributed by atoms with Gasteiger partial charge in [0.15, 0.2) is 0 Å². The topological polar surface area (TPSA) is 63.4 Å². The van der Waals surface area contributed by atoms with Gasteiger partial charge in [0, 0.05) is 0 Å². The Hall–Kier alpha value is 0.304. The van der Waals surface area contributed by atoms with Crippen LogP contribution in [0.5, 0.6) is 0 Å². The zero-order chi connectivity index (χ0) is 3.58. The standard InChI is InChI=1S/HNO3.Y/c2-1(3)4;/h(H,2,3,4);/q;+3. The van der Waals surface area contributed by atoms with Gasteiger partial charge in [-0.05, 0) is 0 Å². The van der Waals surface area contributed by atoms with Gasteiger partial charge in [0.1, 0.15) is 0 Å². The summed E-state index contributed by atoms with van der Waals surface area (Å²) in [5.41, 5.74) is 0. The first-order chi connectivity index (χ1) is 1.73. The van der Waals surface area contributed by atoms with E-state index >= 15 is 0 Å². The fourth-order valence-electron chi connectivity index (χ4n) is 0. The van der Waals surface area contributed by atoms with Crippen LogP contribution in [0.3, 0.4) is 0 Å². The van der Waals surface area contributed by atoms with Gasteiger partial charge in [0.2, 0.25) is 0 Å². The summed E-state index contributed by atoms with van der Waals surface area (Å²) in [4.78, 5) is 8.36. The van der Waals surface area contributed by atoms with E-state index in [0.29, 0.717) is 0 Å². The summed E-state index contributed by atoms with van der Waals surface area (Å²) in [7, 11) is 0. The van der Waals surface area contributed by atoms with Crippen LogP contribution in [0.2, 0.25) is 0 Å². The van der Waals surface area contributed by atoms with Gasteiger partial charge >= 0.3 is 32.7 Å². The Morgan fingerprint density at radius 2 is 1.80 bits per heavy atom. The predicted octanol–water partition coefficient (Wildman–Crippen LogP) is -0.350. The molecule has 0 bridgehead atoms. The van der Waals surface area contributed by atoms with Crippen molar-refractivity contribution in [2.24, 2.45) is 0 Å². The van der Waals surface area contributed by atoms with Crippen molar-refractivity contribution in [3.8, 4) is 0 Å². The van der Waals surface area contributed by atoms with Crippen molar-refractivity contribution in [3.05, 3.63) is 10.1 Å². The number of nitrogens with zero attached hydrogens (tertiary/aromatic N) is 1. The first kappa shape index (κ1) is 9.00. The minimum absolute atomic E-state index is 0. The normalized spacial score (nSPS) is 4.80. The maximum absolute atomic E-state index is 8.36. The van der Waals surface area contributed by atoms with Gasteiger partial charge in [0.25, 0.3) is 5.09 Å². The van der Waals surface area contributed by atoms with Crippen LogP contribution in [0.4, 0.5) is 0 Å². The number of hydrogen-bond acceptors (Lipinski definition) is 2. The van der Waals surface area contributed by atoms with Gasteiger partial charge in [-0.1, -0.05) is 0 Å². The van der Waals surface area contributed by atoms with Crippen LogP contribution in [-0.2, 0) is 32.7 Å². The molecule has 0 spiro atoms. The molecule has 0 fully saturated rings. The second-order valence-electron chi connectivity index (χ2n) is 0.238. The van der Waals surface area contributed by atoms with Gasteiger partial charge in [-0.25, -0.2) is 0 Å². The van der Waals surface area contributed by atoms with E-state index in [2.05, 4.69) is 0 Å². The van der Waals surface area contributed by atoms with Crippen molar-refractivity contribution in [1.82, 2.24) is 0 Å². The SMILES string of the molecule is O=[N+]([O-])O.[Y+3]. The van der Waals surface area contributed by atoms with E-state index in [1.807, 2.05) is 0 Å². The van der Waals surface area contributed by atoms with Crippen LogP contribution in [0.15, 0.2) is 0 Å². The van der Waals surface area contributed by atoms with Crippen LogP contribution >= 0.6 is 0 Å². The maximum Gasteiger partial charge on any atom is 3.00 e. The average molecular weight is 152 g/mol. The van der Waals surface area contributed by atoms with Gasteiger partial charge in [-0.3, -0.25) is 0 Å². The maximum atomic E-state index is 8.36. The summed E-state index contributed by atoms with van der Waals surface area (Å²) in [6, 6.07) is 0. The summed E-state index contributed by atoms with van der Waals surface area (Å²) in [5, 5.41) is 13.6. The zero-order valence-corrected chi connectivity index (χ0v) is 5.13. The van der Waals surface area contributed by atoms with Crippen molar-refractivity contribution < 1.29 is 43.0 Å². The second-order valence-corrected chi connectivity index (χ2v) is 0.238. The van der Waals surface area contributed by atoms with E-state index in [-0.39, 0.29) is 32.7 Å². The van der Waals surface area contributed by atoms with Gasteiger partial charge in [-0.2, -0.15) is 0 Å². The monoisotopic (exact) mass is 152 g/mol. The van der Waals surface area contributed by atoms with E-state index in [0.717, 1.165) is 0 Å². The molecule has 0 saturated heterocycles. The van der Waals surface area contributed by atoms with Crippen LogP contribution < -0.4 is 0 Å². The summed E-state index contributed by atoms with van der Waals surface area (Å²) in [6.07, 6.45) is 0. The largest absolute Gasteiger partial charge is 3.00 e. The smallest absolute Gasteiger partial charge is 0.328 e. The third-order valence-corrected chi connectivity index (χ3v) is 0. The Morgan fingerprint density at radius 1 is 1.80 bits per heavy atom. The zero-order valence-electron chi connectivity index (χ0n) is 2.29. The van der Waals surface area contributed by atoms with Gasteiger partial charge in [-0.15, -0.1) is 10.1 Å². The molecule has 0 aliphatic carbocycles. The van der Waals surface area contributed by atoms with Crippen LogP contribution in [-0.4, -0.2) is 10.3 Å². The quantitative estimate of drug-likeness (QED) is 0.381. The molecule has 0 saturated carbocycles. The molecule has 0 aliphatic rings. The number of rotatable bonds is 0. The van der Waals surface area contributed by atoms with E-state index in [4.69, 9.17) is 15.3 Å². The Morgan fingerprint density at radius 3 is 1.80 bits per heavy atom. The Labute approximate surface area is 53.2 Å². The molecule has 24 valence electrons. The minimum Gasteiger partial charge on any atom is -0.328 e. The van der Waals surface area contributed by atoms with Crippen molar-refractivity contribution >= 4 is 0 Å². The van der Waals surface area contributed by atoms with Gasteiger partial charge < -0.3 is 5.21 Å². The molecular weight excluding hydrogens is 151 g/mol. The molecule has 0 aromatic rings. The average Bonchev–Trinajstić information content (AvgIpc) is 0.811. The number of hydrogen-bond donors (Lipinski definition) is 1. The Balaban J connectivity index is 0. The minimum atomic E-state index is -1.50. The molecule has 0 aliphatic heterocycles. The summed E-state index contributed by atoms with van der Waals surface area (Å²) in [6.45, 7) is 0. The molecule has 5 heavy (non-hydrogen) atoms. The van der Waals surface area contributed by atoms with Crippen molar-refractivity contribution in [3.63, 3.8) is 0 Å². The Kier molecular flexibility index (Phi) is 7.75. The molecule has 0 aromatic heterocycles. The van der Waals surface area contributed by atoms with Crippen LogP contribution in [0.1, 0.15) is 0 Å².